The normalized spacial score (nSPS) is 15.8. The number of carbonyl (C=O) groups excluding carboxylic acids is 1. The summed E-state index contributed by atoms with van der Waals surface area (Å²) < 4.78 is 1.66. The first-order valence-corrected chi connectivity index (χ1v) is 8.20. The maximum atomic E-state index is 12.5. The van der Waals surface area contributed by atoms with E-state index >= 15 is 0 Å². The smallest absolute Gasteiger partial charge is 0.274 e. The molecule has 1 aliphatic heterocycles. The molecule has 6 nitrogen and oxygen atoms in total. The quantitative estimate of drug-likeness (QED) is 0.727. The summed E-state index contributed by atoms with van der Waals surface area (Å²) in [6.07, 6.45) is 7.34. The van der Waals surface area contributed by atoms with E-state index < -0.39 is 0 Å². The summed E-state index contributed by atoms with van der Waals surface area (Å²) in [6.45, 7) is 1.48. The fraction of sp³-hybridized carbons (Fsp3) is 0.333. The third-order valence-electron chi connectivity index (χ3n) is 4.64. The average Bonchev–Trinajstić information content (AvgIpc) is 3.07. The van der Waals surface area contributed by atoms with Gasteiger partial charge in [0.1, 0.15) is 5.69 Å². The van der Waals surface area contributed by atoms with Crippen LogP contribution in [0.1, 0.15) is 34.9 Å². The van der Waals surface area contributed by atoms with Gasteiger partial charge in [-0.15, -0.1) is 0 Å². The molecule has 0 radical (unpaired) electrons. The molecule has 0 spiro atoms. The van der Waals surface area contributed by atoms with Gasteiger partial charge in [-0.3, -0.25) is 19.4 Å². The Hall–Kier alpha value is -2.76. The summed E-state index contributed by atoms with van der Waals surface area (Å²) in [6, 6.07) is 7.79. The number of aromatic nitrogens is 4. The van der Waals surface area contributed by atoms with Gasteiger partial charge in [-0.05, 0) is 37.1 Å². The highest BCUT2D eigenvalue weighted by Crippen LogP contribution is 2.28. The highest BCUT2D eigenvalue weighted by Gasteiger charge is 2.26. The molecule has 0 atom stereocenters. The van der Waals surface area contributed by atoms with Gasteiger partial charge < -0.3 is 4.90 Å². The number of fused-ring (bicyclic) bond motifs is 1. The lowest BCUT2D eigenvalue weighted by Crippen LogP contribution is -2.38. The van der Waals surface area contributed by atoms with Gasteiger partial charge in [-0.1, -0.05) is 0 Å². The second kappa shape index (κ2) is 6.03. The molecule has 24 heavy (non-hydrogen) atoms. The topological polar surface area (TPSA) is 63.9 Å². The maximum Gasteiger partial charge on any atom is 0.274 e. The minimum atomic E-state index is 0.0159. The van der Waals surface area contributed by atoms with E-state index in [2.05, 4.69) is 21.1 Å². The predicted octanol–water partition coefficient (Wildman–Crippen LogP) is 2.38. The number of likely N-dealkylation sites (tertiary alicyclic amines) is 1. The van der Waals surface area contributed by atoms with Crippen molar-refractivity contribution in [3.63, 3.8) is 0 Å². The molecule has 1 aliphatic rings. The zero-order valence-corrected chi connectivity index (χ0v) is 13.6. The van der Waals surface area contributed by atoms with Gasteiger partial charge in [0.2, 0.25) is 0 Å². The van der Waals surface area contributed by atoms with Crippen molar-refractivity contribution in [3.05, 3.63) is 54.2 Å². The molecule has 3 aromatic heterocycles. The largest absolute Gasteiger partial charge is 0.337 e. The van der Waals surface area contributed by atoms with Crippen LogP contribution in [0.4, 0.5) is 0 Å². The van der Waals surface area contributed by atoms with Crippen LogP contribution in [-0.2, 0) is 7.05 Å². The molecule has 1 amide bonds. The van der Waals surface area contributed by atoms with Gasteiger partial charge in [-0.25, -0.2) is 0 Å². The van der Waals surface area contributed by atoms with Crippen LogP contribution >= 0.6 is 0 Å². The highest BCUT2D eigenvalue weighted by molar-refractivity contribution is 5.92. The van der Waals surface area contributed by atoms with E-state index in [1.807, 2.05) is 30.3 Å². The van der Waals surface area contributed by atoms with Crippen molar-refractivity contribution in [2.75, 3.05) is 13.1 Å². The second-order valence-corrected chi connectivity index (χ2v) is 6.25. The van der Waals surface area contributed by atoms with Crippen LogP contribution in [0.5, 0.6) is 0 Å². The van der Waals surface area contributed by atoms with Crippen LogP contribution in [0.2, 0.25) is 0 Å². The molecule has 122 valence electrons. The Morgan fingerprint density at radius 1 is 1.21 bits per heavy atom. The fourth-order valence-electron chi connectivity index (χ4n) is 3.27. The summed E-state index contributed by atoms with van der Waals surface area (Å²) in [7, 11) is 1.82. The summed E-state index contributed by atoms with van der Waals surface area (Å²) in [5.74, 6) is 0.395. The number of hydrogen-bond acceptors (Lipinski definition) is 4. The molecule has 6 heteroatoms. The molecule has 4 rings (SSSR count). The fourth-order valence-corrected chi connectivity index (χ4v) is 3.27. The Balaban J connectivity index is 1.46. The van der Waals surface area contributed by atoms with Gasteiger partial charge in [0.25, 0.3) is 5.91 Å². The number of carbonyl (C=O) groups is 1. The van der Waals surface area contributed by atoms with Crippen LogP contribution in [0.25, 0.3) is 10.9 Å². The van der Waals surface area contributed by atoms with E-state index in [1.165, 1.54) is 0 Å². The van der Waals surface area contributed by atoms with Crippen molar-refractivity contribution >= 4 is 16.8 Å². The number of rotatable bonds is 2. The first-order valence-electron chi connectivity index (χ1n) is 8.20. The molecule has 0 bridgehead atoms. The summed E-state index contributed by atoms with van der Waals surface area (Å²) >= 11 is 0. The van der Waals surface area contributed by atoms with E-state index in [0.717, 1.165) is 42.5 Å². The van der Waals surface area contributed by atoms with Crippen LogP contribution in [0.15, 0.2) is 42.9 Å². The van der Waals surface area contributed by atoms with E-state index in [9.17, 15) is 4.79 Å². The lowest BCUT2D eigenvalue weighted by Gasteiger charge is -2.31. The number of piperidine rings is 1. The number of amides is 1. The van der Waals surface area contributed by atoms with E-state index in [0.29, 0.717) is 11.6 Å². The SMILES string of the molecule is Cn1ccc(C(=O)N2CCC(c3cc4ncccc4cn3)CC2)n1. The van der Waals surface area contributed by atoms with Crippen molar-refractivity contribution in [1.29, 1.82) is 0 Å². The molecule has 1 saturated heterocycles. The predicted molar refractivity (Wildman–Crippen MR) is 90.6 cm³/mol. The third-order valence-corrected chi connectivity index (χ3v) is 4.64. The molecule has 0 unspecified atom stereocenters. The van der Waals surface area contributed by atoms with Crippen molar-refractivity contribution in [2.45, 2.75) is 18.8 Å². The number of pyridine rings is 2. The number of aryl methyl sites for hydroxylation is 1. The van der Waals surface area contributed by atoms with Gasteiger partial charge in [0.15, 0.2) is 0 Å². The maximum absolute atomic E-state index is 12.5. The van der Waals surface area contributed by atoms with E-state index in [4.69, 9.17) is 0 Å². The first kappa shape index (κ1) is 14.8. The number of hydrogen-bond donors (Lipinski definition) is 0. The van der Waals surface area contributed by atoms with Crippen molar-refractivity contribution in [1.82, 2.24) is 24.6 Å². The molecule has 0 aromatic carbocycles. The monoisotopic (exact) mass is 321 g/mol. The summed E-state index contributed by atoms with van der Waals surface area (Å²) in [5, 5.41) is 5.26. The first-order chi connectivity index (χ1) is 11.7. The van der Waals surface area contributed by atoms with Gasteiger partial charge in [0, 0.05) is 55.7 Å². The Morgan fingerprint density at radius 3 is 2.79 bits per heavy atom. The Morgan fingerprint density at radius 2 is 2.04 bits per heavy atom. The minimum absolute atomic E-state index is 0.0159. The zero-order chi connectivity index (χ0) is 16.5. The molecule has 4 heterocycles. The number of nitrogens with zero attached hydrogens (tertiary/aromatic N) is 5. The molecule has 1 fully saturated rings. The van der Waals surface area contributed by atoms with Crippen molar-refractivity contribution < 1.29 is 4.79 Å². The molecule has 0 N–H and O–H groups in total. The standard InChI is InChI=1S/C18H19N5O/c1-22-8-6-15(21-22)18(24)23-9-4-13(5-10-23)16-11-17-14(12-20-16)3-2-7-19-17/h2-3,6-8,11-13H,4-5,9-10H2,1H3. The Bertz CT molecular complexity index is 880. The molecule has 0 saturated carbocycles. The lowest BCUT2D eigenvalue weighted by molar-refractivity contribution is 0.0705. The van der Waals surface area contributed by atoms with Crippen LogP contribution in [0, 0.1) is 0 Å². The highest BCUT2D eigenvalue weighted by atomic mass is 16.2. The summed E-state index contributed by atoms with van der Waals surface area (Å²) in [4.78, 5) is 23.4. The lowest BCUT2D eigenvalue weighted by atomic mass is 9.92. The van der Waals surface area contributed by atoms with Crippen molar-refractivity contribution in [2.24, 2.45) is 7.05 Å². The minimum Gasteiger partial charge on any atom is -0.337 e. The van der Waals surface area contributed by atoms with Crippen LogP contribution < -0.4 is 0 Å². The van der Waals surface area contributed by atoms with Gasteiger partial charge in [0.05, 0.1) is 5.52 Å². The van der Waals surface area contributed by atoms with Crippen LogP contribution in [-0.4, -0.2) is 43.6 Å². The van der Waals surface area contributed by atoms with Gasteiger partial charge >= 0.3 is 0 Å². The average molecular weight is 321 g/mol. The third kappa shape index (κ3) is 2.75. The molecule has 0 aliphatic carbocycles. The van der Waals surface area contributed by atoms with Crippen LogP contribution in [0.3, 0.4) is 0 Å². The zero-order valence-electron chi connectivity index (χ0n) is 13.6. The van der Waals surface area contributed by atoms with Crippen molar-refractivity contribution in [3.8, 4) is 0 Å². The van der Waals surface area contributed by atoms with E-state index in [-0.39, 0.29) is 5.91 Å². The Labute approximate surface area is 140 Å². The Kier molecular flexibility index (Phi) is 3.72. The molecule has 3 aromatic rings. The summed E-state index contributed by atoms with van der Waals surface area (Å²) in [5.41, 5.74) is 2.57. The van der Waals surface area contributed by atoms with E-state index in [1.54, 1.807) is 23.1 Å². The van der Waals surface area contributed by atoms with Gasteiger partial charge in [-0.2, -0.15) is 5.10 Å². The molecular formula is C18H19N5O. The second-order valence-electron chi connectivity index (χ2n) is 6.25. The molecular weight excluding hydrogens is 302 g/mol.